The molecule has 1 aliphatic heterocycles. The minimum absolute atomic E-state index is 0.0851. The van der Waals surface area contributed by atoms with Crippen LogP contribution >= 0.6 is 11.8 Å². The third-order valence-corrected chi connectivity index (χ3v) is 5.55. The lowest BCUT2D eigenvalue weighted by atomic mass is 10.2. The summed E-state index contributed by atoms with van der Waals surface area (Å²) < 4.78 is 5.36. The fourth-order valence-corrected chi connectivity index (χ4v) is 3.81. The van der Waals surface area contributed by atoms with Gasteiger partial charge in [-0.1, -0.05) is 18.2 Å². The summed E-state index contributed by atoms with van der Waals surface area (Å²) in [5, 5.41) is 11.8. The van der Waals surface area contributed by atoms with Gasteiger partial charge in [0.05, 0.1) is 0 Å². The van der Waals surface area contributed by atoms with Gasteiger partial charge in [0.1, 0.15) is 6.10 Å². The Morgan fingerprint density at radius 1 is 1.23 bits per heavy atom. The fourth-order valence-electron chi connectivity index (χ4n) is 2.57. The molecule has 1 saturated heterocycles. The Hall–Kier alpha value is -1.53. The zero-order valence-electron chi connectivity index (χ0n) is 12.2. The molecular weight excluding hydrogens is 302 g/mol. The summed E-state index contributed by atoms with van der Waals surface area (Å²) in [6, 6.07) is 10.2. The van der Waals surface area contributed by atoms with Gasteiger partial charge in [-0.3, -0.25) is 4.79 Å². The van der Waals surface area contributed by atoms with E-state index in [1.807, 2.05) is 18.2 Å². The summed E-state index contributed by atoms with van der Waals surface area (Å²) in [5.74, 6) is -1.18. The van der Waals surface area contributed by atoms with E-state index in [-0.39, 0.29) is 10.7 Å². The molecular formula is C16H19NO4S. The normalized spacial score (nSPS) is 25.6. The number of hydrogen-bond acceptors (Lipinski definition) is 4. The third kappa shape index (κ3) is 3.62. The van der Waals surface area contributed by atoms with Gasteiger partial charge in [0, 0.05) is 16.2 Å². The van der Waals surface area contributed by atoms with Gasteiger partial charge in [-0.05, 0) is 37.8 Å². The molecule has 1 aliphatic carbocycles. The molecule has 118 valence electrons. The van der Waals surface area contributed by atoms with Crippen molar-refractivity contribution >= 4 is 23.6 Å². The van der Waals surface area contributed by atoms with Crippen molar-refractivity contribution in [3.05, 3.63) is 30.3 Å². The standard InChI is InChI=1S/C16H19NO4S/c18-14(12-6-7-13(21-12)15(19)20)17-10-16(8-9-16)22-11-4-2-1-3-5-11/h1-5,12-13H,6-10H2,(H,17,18)(H,19,20)/t12-,13+/m0/s1. The van der Waals surface area contributed by atoms with E-state index in [1.54, 1.807) is 11.8 Å². The van der Waals surface area contributed by atoms with Gasteiger partial charge in [0.25, 0.3) is 0 Å². The number of rotatable bonds is 6. The Bertz CT molecular complexity index is 559. The maximum absolute atomic E-state index is 12.1. The van der Waals surface area contributed by atoms with E-state index in [9.17, 15) is 9.59 Å². The topological polar surface area (TPSA) is 75.6 Å². The average Bonchev–Trinajstić information content (AvgIpc) is 3.09. The van der Waals surface area contributed by atoms with Crippen molar-refractivity contribution in [3.8, 4) is 0 Å². The number of aliphatic carboxylic acids is 1. The number of carboxylic acids is 1. The summed E-state index contributed by atoms with van der Waals surface area (Å²) in [5.41, 5.74) is 0. The molecule has 22 heavy (non-hydrogen) atoms. The highest BCUT2D eigenvalue weighted by Crippen LogP contribution is 2.51. The van der Waals surface area contributed by atoms with Gasteiger partial charge in [-0.15, -0.1) is 11.8 Å². The molecule has 0 unspecified atom stereocenters. The van der Waals surface area contributed by atoms with Crippen molar-refractivity contribution in [2.45, 2.75) is 47.5 Å². The monoisotopic (exact) mass is 321 g/mol. The number of hydrogen-bond donors (Lipinski definition) is 2. The van der Waals surface area contributed by atoms with Gasteiger partial charge in [-0.2, -0.15) is 0 Å². The Morgan fingerprint density at radius 3 is 2.50 bits per heavy atom. The number of benzene rings is 1. The van der Waals surface area contributed by atoms with Crippen LogP contribution in [-0.4, -0.2) is 40.5 Å². The smallest absolute Gasteiger partial charge is 0.332 e. The zero-order chi connectivity index (χ0) is 15.6. The van der Waals surface area contributed by atoms with Crippen molar-refractivity contribution in [2.75, 3.05) is 6.54 Å². The molecule has 0 radical (unpaired) electrons. The molecule has 6 heteroatoms. The van der Waals surface area contributed by atoms with Crippen molar-refractivity contribution in [1.82, 2.24) is 5.32 Å². The molecule has 2 fully saturated rings. The van der Waals surface area contributed by atoms with Gasteiger partial charge < -0.3 is 15.2 Å². The number of thioether (sulfide) groups is 1. The number of carbonyl (C=O) groups is 2. The molecule has 2 aliphatic rings. The second-order valence-corrected chi connectivity index (χ2v) is 7.39. The molecule has 2 atom stereocenters. The van der Waals surface area contributed by atoms with E-state index >= 15 is 0 Å². The van der Waals surface area contributed by atoms with Crippen LogP contribution in [0.5, 0.6) is 0 Å². The second-order valence-electron chi connectivity index (χ2n) is 5.84. The van der Waals surface area contributed by atoms with Crippen LogP contribution in [-0.2, 0) is 14.3 Å². The van der Waals surface area contributed by atoms with Crippen LogP contribution in [0, 0.1) is 0 Å². The maximum Gasteiger partial charge on any atom is 0.332 e. The fraction of sp³-hybridized carbons (Fsp3) is 0.500. The molecule has 1 heterocycles. The first kappa shape index (κ1) is 15.4. The van der Waals surface area contributed by atoms with Crippen LogP contribution in [0.25, 0.3) is 0 Å². The van der Waals surface area contributed by atoms with Gasteiger partial charge in [-0.25, -0.2) is 4.79 Å². The highest BCUT2D eigenvalue weighted by molar-refractivity contribution is 8.01. The summed E-state index contributed by atoms with van der Waals surface area (Å²) in [4.78, 5) is 24.1. The summed E-state index contributed by atoms with van der Waals surface area (Å²) in [7, 11) is 0. The molecule has 0 bridgehead atoms. The van der Waals surface area contributed by atoms with Crippen molar-refractivity contribution in [2.24, 2.45) is 0 Å². The Morgan fingerprint density at radius 2 is 1.91 bits per heavy atom. The minimum atomic E-state index is -0.992. The first-order valence-electron chi connectivity index (χ1n) is 7.48. The predicted octanol–water partition coefficient (Wildman–Crippen LogP) is 2.06. The van der Waals surface area contributed by atoms with Crippen LogP contribution in [0.1, 0.15) is 25.7 Å². The number of ether oxygens (including phenoxy) is 1. The molecule has 2 N–H and O–H groups in total. The molecule has 1 aromatic rings. The Labute approximate surface area is 133 Å². The summed E-state index contributed by atoms with van der Waals surface area (Å²) in [6.07, 6.45) is 1.56. The van der Waals surface area contributed by atoms with Gasteiger partial charge >= 0.3 is 5.97 Å². The van der Waals surface area contributed by atoms with Gasteiger partial charge in [0.15, 0.2) is 6.10 Å². The first-order valence-corrected chi connectivity index (χ1v) is 8.30. The van der Waals surface area contributed by atoms with Crippen molar-refractivity contribution in [1.29, 1.82) is 0 Å². The van der Waals surface area contributed by atoms with E-state index in [1.165, 1.54) is 4.90 Å². The third-order valence-electron chi connectivity index (χ3n) is 4.06. The van der Waals surface area contributed by atoms with Crippen LogP contribution in [0.3, 0.4) is 0 Å². The van der Waals surface area contributed by atoms with E-state index in [0.717, 1.165) is 12.8 Å². The van der Waals surface area contributed by atoms with E-state index in [4.69, 9.17) is 9.84 Å². The molecule has 1 aromatic carbocycles. The number of carboxylic acid groups (broad SMARTS) is 1. The molecule has 1 amide bonds. The molecule has 5 nitrogen and oxygen atoms in total. The first-order chi connectivity index (χ1) is 10.6. The lowest BCUT2D eigenvalue weighted by molar-refractivity contribution is -0.151. The SMILES string of the molecule is O=C(NCC1(Sc2ccccc2)CC1)[C@@H]1CC[C@H](C(=O)O)O1. The number of nitrogens with one attached hydrogen (secondary N) is 1. The van der Waals surface area contributed by atoms with E-state index in [2.05, 4.69) is 17.4 Å². The summed E-state index contributed by atoms with van der Waals surface area (Å²) >= 11 is 1.80. The highest BCUT2D eigenvalue weighted by atomic mass is 32.2. The molecule has 1 saturated carbocycles. The highest BCUT2D eigenvalue weighted by Gasteiger charge is 2.44. The minimum Gasteiger partial charge on any atom is -0.479 e. The second kappa shape index (κ2) is 6.30. The van der Waals surface area contributed by atoms with Gasteiger partial charge in [0.2, 0.25) is 5.91 Å². The summed E-state index contributed by atoms with van der Waals surface area (Å²) in [6.45, 7) is 0.600. The molecule has 0 aromatic heterocycles. The van der Waals surface area contributed by atoms with Crippen molar-refractivity contribution in [3.63, 3.8) is 0 Å². The largest absolute Gasteiger partial charge is 0.479 e. The lowest BCUT2D eigenvalue weighted by Gasteiger charge is -2.17. The van der Waals surface area contributed by atoms with Crippen molar-refractivity contribution < 1.29 is 19.4 Å². The number of carbonyl (C=O) groups excluding carboxylic acids is 1. The van der Waals surface area contributed by atoms with Crippen LogP contribution in [0.4, 0.5) is 0 Å². The zero-order valence-corrected chi connectivity index (χ0v) is 13.0. The molecule has 0 spiro atoms. The van der Waals surface area contributed by atoms with Crippen LogP contribution in [0.15, 0.2) is 35.2 Å². The predicted molar refractivity (Wildman–Crippen MR) is 82.8 cm³/mol. The van der Waals surface area contributed by atoms with Crippen LogP contribution in [0.2, 0.25) is 0 Å². The Balaban J connectivity index is 1.48. The number of amides is 1. The van der Waals surface area contributed by atoms with Crippen LogP contribution < -0.4 is 5.32 Å². The molecule has 3 rings (SSSR count). The van der Waals surface area contributed by atoms with E-state index < -0.39 is 18.2 Å². The average molecular weight is 321 g/mol. The quantitative estimate of drug-likeness (QED) is 0.839. The Kier molecular flexibility index (Phi) is 4.40. The van der Waals surface area contributed by atoms with E-state index in [0.29, 0.717) is 19.4 Å². The lowest BCUT2D eigenvalue weighted by Crippen LogP contribution is -2.39. The maximum atomic E-state index is 12.1.